The van der Waals surface area contributed by atoms with E-state index in [1.54, 1.807) is 24.3 Å². The maximum Gasteiger partial charge on any atom is 0.288 e. The van der Waals surface area contributed by atoms with Crippen LogP contribution in [0.3, 0.4) is 0 Å². The van der Waals surface area contributed by atoms with Crippen LogP contribution in [0.1, 0.15) is 62.2 Å². The second-order valence-electron chi connectivity index (χ2n) is 9.00. The molecule has 1 heterocycles. The number of nitro benzene ring substituents is 1. The Morgan fingerprint density at radius 3 is 2.39 bits per heavy atom. The summed E-state index contributed by atoms with van der Waals surface area (Å²) in [5, 5.41) is 11.3. The summed E-state index contributed by atoms with van der Waals surface area (Å²) < 4.78 is 5.44. The van der Waals surface area contributed by atoms with Gasteiger partial charge in [-0.2, -0.15) is 0 Å². The van der Waals surface area contributed by atoms with Crippen molar-refractivity contribution in [3.8, 4) is 5.75 Å². The lowest BCUT2D eigenvalue weighted by Gasteiger charge is -2.35. The summed E-state index contributed by atoms with van der Waals surface area (Å²) in [5.74, 6) is -0.772. The molecule has 1 atom stereocenters. The fourth-order valence-electron chi connectivity index (χ4n) is 5.00. The van der Waals surface area contributed by atoms with Gasteiger partial charge in [-0.1, -0.05) is 37.3 Å². The second-order valence-corrected chi connectivity index (χ2v) is 9.40. The molecule has 0 aromatic heterocycles. The van der Waals surface area contributed by atoms with Crippen molar-refractivity contribution in [1.82, 2.24) is 4.90 Å². The van der Waals surface area contributed by atoms with Crippen LogP contribution in [-0.2, 0) is 9.59 Å². The summed E-state index contributed by atoms with van der Waals surface area (Å²) in [5.41, 5.74) is 0.0923. The van der Waals surface area contributed by atoms with Crippen molar-refractivity contribution in [3.63, 3.8) is 0 Å². The molecule has 0 bridgehead atoms. The predicted molar refractivity (Wildman–Crippen MR) is 134 cm³/mol. The highest BCUT2D eigenvalue weighted by atomic mass is 35.5. The average molecular weight is 514 g/mol. The number of nitrogens with zero attached hydrogens (tertiary/aromatic N) is 3. The molecule has 0 N–H and O–H groups in total. The number of hydrogen-bond acceptors (Lipinski definition) is 6. The minimum atomic E-state index is -0.991. The van der Waals surface area contributed by atoms with E-state index < -0.39 is 28.7 Å². The summed E-state index contributed by atoms with van der Waals surface area (Å²) >= 11 is 5.95. The molecule has 4 rings (SSSR count). The molecule has 10 heteroatoms. The maximum absolute atomic E-state index is 13.8. The third-order valence-electron chi connectivity index (χ3n) is 6.71. The molecule has 1 aliphatic carbocycles. The van der Waals surface area contributed by atoms with Gasteiger partial charge in [0.25, 0.3) is 17.5 Å². The van der Waals surface area contributed by atoms with Crippen LogP contribution in [0.4, 0.5) is 11.4 Å². The molecular weight excluding hydrogens is 486 g/mol. The fraction of sp³-hybridized carbons (Fsp3) is 0.423. The number of imide groups is 1. The van der Waals surface area contributed by atoms with Crippen molar-refractivity contribution in [3.05, 3.63) is 63.2 Å². The van der Waals surface area contributed by atoms with E-state index in [1.807, 2.05) is 6.92 Å². The fourth-order valence-corrected chi connectivity index (χ4v) is 5.18. The first kappa shape index (κ1) is 25.6. The molecular formula is C26H28ClN3O6. The monoisotopic (exact) mass is 513 g/mol. The Kier molecular flexibility index (Phi) is 7.88. The van der Waals surface area contributed by atoms with Gasteiger partial charge in [-0.15, -0.1) is 0 Å². The Labute approximate surface area is 214 Å². The molecule has 3 amide bonds. The zero-order valence-electron chi connectivity index (χ0n) is 20.0. The third kappa shape index (κ3) is 5.21. The van der Waals surface area contributed by atoms with Crippen molar-refractivity contribution in [2.45, 2.75) is 64.0 Å². The number of carbonyl (C=O) groups excluding carboxylic acids is 3. The van der Waals surface area contributed by atoms with Crippen LogP contribution < -0.4 is 9.64 Å². The van der Waals surface area contributed by atoms with Gasteiger partial charge >= 0.3 is 0 Å². The summed E-state index contributed by atoms with van der Waals surface area (Å²) in [6.45, 7) is 2.35. The van der Waals surface area contributed by atoms with Crippen LogP contribution in [0, 0.1) is 10.1 Å². The second kappa shape index (κ2) is 11.1. The molecule has 190 valence electrons. The maximum atomic E-state index is 13.8. The third-order valence-corrected chi connectivity index (χ3v) is 7.03. The van der Waals surface area contributed by atoms with E-state index >= 15 is 0 Å². The number of nitro groups is 1. The molecule has 2 aliphatic rings. The molecule has 9 nitrogen and oxygen atoms in total. The van der Waals surface area contributed by atoms with Gasteiger partial charge in [0.05, 0.1) is 23.6 Å². The van der Waals surface area contributed by atoms with Gasteiger partial charge in [0, 0.05) is 17.7 Å². The van der Waals surface area contributed by atoms with Crippen LogP contribution in [-0.4, -0.2) is 46.2 Å². The topological polar surface area (TPSA) is 110 Å². The smallest absolute Gasteiger partial charge is 0.288 e. The van der Waals surface area contributed by atoms with E-state index in [0.29, 0.717) is 30.9 Å². The molecule has 1 unspecified atom stereocenters. The van der Waals surface area contributed by atoms with Gasteiger partial charge in [0.1, 0.15) is 16.8 Å². The van der Waals surface area contributed by atoms with Gasteiger partial charge in [-0.25, -0.2) is 4.90 Å². The molecule has 2 fully saturated rings. The van der Waals surface area contributed by atoms with Gasteiger partial charge in [-0.05, 0) is 56.2 Å². The highest BCUT2D eigenvalue weighted by molar-refractivity contribution is 6.32. The standard InChI is InChI=1S/C26H28ClN3O6/c1-2-36-20-12-10-19(11-13-20)29-24(31)16-23(26(29)33)28(18-7-5-3-4-6-8-18)25(32)17-9-14-21(27)22(15-17)30(34)35/h9-15,18,23H,2-8,16H2,1H3. The Bertz CT molecular complexity index is 1160. The average Bonchev–Trinajstić information content (AvgIpc) is 3.02. The van der Waals surface area contributed by atoms with Crippen molar-refractivity contribution in [2.75, 3.05) is 11.5 Å². The van der Waals surface area contributed by atoms with Crippen LogP contribution >= 0.6 is 11.6 Å². The lowest BCUT2D eigenvalue weighted by molar-refractivity contribution is -0.384. The summed E-state index contributed by atoms with van der Waals surface area (Å²) in [7, 11) is 0. The molecule has 1 aliphatic heterocycles. The van der Waals surface area contributed by atoms with Crippen molar-refractivity contribution in [1.29, 1.82) is 0 Å². The molecule has 36 heavy (non-hydrogen) atoms. The molecule has 2 aromatic carbocycles. The number of benzene rings is 2. The first-order valence-electron chi connectivity index (χ1n) is 12.2. The van der Waals surface area contributed by atoms with Gasteiger partial charge in [0.2, 0.25) is 5.91 Å². The number of halogens is 1. The van der Waals surface area contributed by atoms with E-state index in [0.717, 1.165) is 36.6 Å². The van der Waals surface area contributed by atoms with Crippen molar-refractivity contribution < 1.29 is 24.0 Å². The van der Waals surface area contributed by atoms with E-state index in [4.69, 9.17) is 16.3 Å². The summed E-state index contributed by atoms with van der Waals surface area (Å²) in [6, 6.07) is 9.29. The normalized spacial score (nSPS) is 18.7. The number of anilines is 1. The molecule has 2 aromatic rings. The molecule has 0 spiro atoms. The van der Waals surface area contributed by atoms with Gasteiger partial charge in [0.15, 0.2) is 0 Å². The minimum absolute atomic E-state index is 0.0649. The van der Waals surface area contributed by atoms with Gasteiger partial charge < -0.3 is 9.64 Å². The quantitative estimate of drug-likeness (QED) is 0.219. The summed E-state index contributed by atoms with van der Waals surface area (Å²) in [6.07, 6.45) is 5.09. The predicted octanol–water partition coefficient (Wildman–Crippen LogP) is 5.14. The van der Waals surface area contributed by atoms with Crippen LogP contribution in [0.15, 0.2) is 42.5 Å². The number of ether oxygens (including phenoxy) is 1. The molecule has 1 saturated heterocycles. The van der Waals surface area contributed by atoms with E-state index in [1.165, 1.54) is 17.0 Å². The van der Waals surface area contributed by atoms with Crippen LogP contribution in [0.25, 0.3) is 0 Å². The van der Waals surface area contributed by atoms with E-state index in [-0.39, 0.29) is 28.7 Å². The minimum Gasteiger partial charge on any atom is -0.494 e. The molecule has 1 saturated carbocycles. The van der Waals surface area contributed by atoms with Crippen LogP contribution in [0.5, 0.6) is 5.75 Å². The Morgan fingerprint density at radius 2 is 1.78 bits per heavy atom. The first-order valence-corrected chi connectivity index (χ1v) is 12.6. The van der Waals surface area contributed by atoms with Crippen molar-refractivity contribution in [2.24, 2.45) is 0 Å². The Hall–Kier alpha value is -3.46. The number of hydrogen-bond donors (Lipinski definition) is 0. The first-order chi connectivity index (χ1) is 17.3. The highest BCUT2D eigenvalue weighted by Crippen LogP contribution is 2.33. The lowest BCUT2D eigenvalue weighted by Crippen LogP contribution is -2.50. The number of rotatable bonds is 7. The largest absolute Gasteiger partial charge is 0.494 e. The van der Waals surface area contributed by atoms with E-state index in [9.17, 15) is 24.5 Å². The molecule has 0 radical (unpaired) electrons. The highest BCUT2D eigenvalue weighted by Gasteiger charge is 2.46. The van der Waals surface area contributed by atoms with Gasteiger partial charge in [-0.3, -0.25) is 24.5 Å². The zero-order valence-corrected chi connectivity index (χ0v) is 20.8. The van der Waals surface area contributed by atoms with Crippen LogP contribution in [0.2, 0.25) is 5.02 Å². The number of carbonyl (C=O) groups is 3. The van der Waals surface area contributed by atoms with E-state index in [2.05, 4.69) is 0 Å². The Balaban J connectivity index is 1.68. The van der Waals surface area contributed by atoms with Crippen molar-refractivity contribution >= 4 is 40.7 Å². The SMILES string of the molecule is CCOc1ccc(N2C(=O)CC(N(C(=O)c3ccc(Cl)c([N+](=O)[O-])c3)C3CCCCCC3)C2=O)cc1. The number of amides is 3. The lowest BCUT2D eigenvalue weighted by atomic mass is 10.0. The summed E-state index contributed by atoms with van der Waals surface area (Å²) in [4.78, 5) is 53.8. The zero-order chi connectivity index (χ0) is 25.8. The Morgan fingerprint density at radius 1 is 1.11 bits per heavy atom.